The summed E-state index contributed by atoms with van der Waals surface area (Å²) < 4.78 is 5.79. The van der Waals surface area contributed by atoms with Gasteiger partial charge in [0.25, 0.3) is 0 Å². The van der Waals surface area contributed by atoms with Gasteiger partial charge < -0.3 is 14.6 Å². The Morgan fingerprint density at radius 3 is 2.52 bits per heavy atom. The van der Waals surface area contributed by atoms with Gasteiger partial charge in [0.2, 0.25) is 0 Å². The predicted molar refractivity (Wildman–Crippen MR) is 93.9 cm³/mol. The lowest BCUT2D eigenvalue weighted by molar-refractivity contribution is 0.473. The number of hydrogen-bond donors (Lipinski definition) is 2. The van der Waals surface area contributed by atoms with Crippen LogP contribution in [-0.2, 0) is 0 Å². The van der Waals surface area contributed by atoms with Gasteiger partial charge in [-0.1, -0.05) is 0 Å². The molecule has 3 aromatic rings. The van der Waals surface area contributed by atoms with Gasteiger partial charge in [-0.15, -0.1) is 10.2 Å². The fourth-order valence-electron chi connectivity index (χ4n) is 2.11. The van der Waals surface area contributed by atoms with Gasteiger partial charge >= 0.3 is 5.63 Å². The minimum Gasteiger partial charge on any atom is -0.508 e. The van der Waals surface area contributed by atoms with Gasteiger partial charge in [0.15, 0.2) is 0 Å². The second-order valence-corrected chi connectivity index (χ2v) is 6.08. The van der Waals surface area contributed by atoms with Crippen LogP contribution in [-0.4, -0.2) is 10.2 Å². The van der Waals surface area contributed by atoms with Crippen LogP contribution >= 0.6 is 22.6 Å². The summed E-state index contributed by atoms with van der Waals surface area (Å²) in [7, 11) is 0. The first-order valence-electron chi connectivity index (χ1n) is 6.62. The molecule has 0 amide bonds. The van der Waals surface area contributed by atoms with E-state index in [2.05, 4.69) is 10.2 Å². The number of hydrogen-bond acceptors (Lipinski definition) is 6. The Morgan fingerprint density at radius 1 is 1.04 bits per heavy atom. The highest BCUT2D eigenvalue weighted by atomic mass is 127. The first-order valence-corrected chi connectivity index (χ1v) is 7.69. The number of fused-ring (bicyclic) bond motifs is 1. The molecule has 0 aliphatic carbocycles. The number of aromatic hydroxyl groups is 2. The van der Waals surface area contributed by atoms with Gasteiger partial charge in [-0.25, -0.2) is 4.79 Å². The van der Waals surface area contributed by atoms with Crippen molar-refractivity contribution in [3.05, 3.63) is 56.0 Å². The molecule has 2 N–H and O–H groups in total. The topological polar surface area (TPSA) is 95.4 Å². The van der Waals surface area contributed by atoms with Crippen molar-refractivity contribution >= 4 is 44.9 Å². The maximum atomic E-state index is 11.4. The smallest absolute Gasteiger partial charge is 0.336 e. The second kappa shape index (κ2) is 5.99. The van der Waals surface area contributed by atoms with Gasteiger partial charge in [0.1, 0.15) is 22.8 Å². The van der Waals surface area contributed by atoms with E-state index in [1.54, 1.807) is 25.1 Å². The van der Waals surface area contributed by atoms with Crippen LogP contribution in [0.25, 0.3) is 11.0 Å². The largest absolute Gasteiger partial charge is 0.508 e. The molecular weight excluding hydrogens is 411 g/mol. The fourth-order valence-corrected chi connectivity index (χ4v) is 2.71. The summed E-state index contributed by atoms with van der Waals surface area (Å²) in [5.41, 5.74) is 1.39. The van der Waals surface area contributed by atoms with Crippen LogP contribution in [0.4, 0.5) is 11.4 Å². The third-order valence-corrected chi connectivity index (χ3v) is 4.11. The Balaban J connectivity index is 2.07. The first kappa shape index (κ1) is 15.5. The molecule has 1 aromatic heterocycles. The molecule has 0 unspecified atom stereocenters. The number of benzene rings is 2. The monoisotopic (exact) mass is 422 g/mol. The summed E-state index contributed by atoms with van der Waals surface area (Å²) in [6, 6.07) is 9.04. The quantitative estimate of drug-likeness (QED) is 0.360. The number of rotatable bonds is 2. The molecule has 0 fully saturated rings. The van der Waals surface area contributed by atoms with E-state index in [4.69, 9.17) is 4.42 Å². The number of halogens is 1. The molecule has 0 bridgehead atoms. The average Bonchev–Trinajstić information content (AvgIpc) is 2.46. The maximum absolute atomic E-state index is 11.4. The van der Waals surface area contributed by atoms with Crippen molar-refractivity contribution in [1.29, 1.82) is 0 Å². The fraction of sp³-hybridized carbons (Fsp3) is 0.0625. The van der Waals surface area contributed by atoms with Gasteiger partial charge in [-0.3, -0.25) is 0 Å². The van der Waals surface area contributed by atoms with Crippen LogP contribution in [0.5, 0.6) is 11.5 Å². The van der Waals surface area contributed by atoms with Gasteiger partial charge in [-0.05, 0) is 59.3 Å². The maximum Gasteiger partial charge on any atom is 0.336 e. The zero-order chi connectivity index (χ0) is 16.6. The molecule has 2 aromatic carbocycles. The van der Waals surface area contributed by atoms with Crippen molar-refractivity contribution in [3.8, 4) is 11.5 Å². The second-order valence-electron chi connectivity index (χ2n) is 4.92. The van der Waals surface area contributed by atoms with Crippen LogP contribution < -0.4 is 5.63 Å². The third-order valence-electron chi connectivity index (χ3n) is 3.24. The molecule has 1 heterocycles. The molecule has 0 radical (unpaired) electrons. The average molecular weight is 422 g/mol. The van der Waals surface area contributed by atoms with Crippen LogP contribution in [0.15, 0.2) is 55.8 Å². The van der Waals surface area contributed by atoms with E-state index in [-0.39, 0.29) is 17.2 Å². The van der Waals surface area contributed by atoms with Crippen molar-refractivity contribution in [2.45, 2.75) is 6.92 Å². The normalized spacial score (nSPS) is 11.4. The Hall–Kier alpha value is -2.42. The highest BCUT2D eigenvalue weighted by Crippen LogP contribution is 2.34. The SMILES string of the molecule is Cc1cc(=O)oc2cc(O)c(N=Nc3ccc(O)cc3I)cc12. The Morgan fingerprint density at radius 2 is 1.78 bits per heavy atom. The molecule has 6 nitrogen and oxygen atoms in total. The van der Waals surface area contributed by atoms with Crippen LogP contribution in [0.2, 0.25) is 0 Å². The molecule has 0 saturated heterocycles. The van der Waals surface area contributed by atoms with Gasteiger partial charge in [0, 0.05) is 21.1 Å². The molecule has 116 valence electrons. The lowest BCUT2D eigenvalue weighted by atomic mass is 10.1. The third kappa shape index (κ3) is 3.19. The van der Waals surface area contributed by atoms with E-state index in [0.29, 0.717) is 16.7 Å². The van der Waals surface area contributed by atoms with Crippen molar-refractivity contribution in [2.75, 3.05) is 0 Å². The number of azo groups is 1. The summed E-state index contributed by atoms with van der Waals surface area (Å²) in [5.74, 6) is 0.0105. The zero-order valence-electron chi connectivity index (χ0n) is 11.9. The minimum atomic E-state index is -0.470. The highest BCUT2D eigenvalue weighted by molar-refractivity contribution is 14.1. The summed E-state index contributed by atoms with van der Waals surface area (Å²) in [6.45, 7) is 1.78. The van der Waals surface area contributed by atoms with Crippen molar-refractivity contribution in [3.63, 3.8) is 0 Å². The van der Waals surface area contributed by atoms with Crippen molar-refractivity contribution in [2.24, 2.45) is 10.2 Å². The van der Waals surface area contributed by atoms with E-state index in [0.717, 1.165) is 9.13 Å². The van der Waals surface area contributed by atoms with Crippen LogP contribution in [0, 0.1) is 10.5 Å². The van der Waals surface area contributed by atoms with E-state index in [1.165, 1.54) is 18.2 Å². The molecule has 0 spiro atoms. The molecular formula is C16H11IN2O4. The number of aryl methyl sites for hydroxylation is 1. The summed E-state index contributed by atoms with van der Waals surface area (Å²) >= 11 is 2.03. The van der Waals surface area contributed by atoms with Gasteiger partial charge in [0.05, 0.1) is 5.69 Å². The van der Waals surface area contributed by atoms with Gasteiger partial charge in [-0.2, -0.15) is 0 Å². The summed E-state index contributed by atoms with van der Waals surface area (Å²) in [4.78, 5) is 11.4. The van der Waals surface area contributed by atoms with E-state index in [9.17, 15) is 15.0 Å². The Labute approximate surface area is 144 Å². The molecule has 3 rings (SSSR count). The zero-order valence-corrected chi connectivity index (χ0v) is 14.1. The molecule has 0 aliphatic heterocycles. The van der Waals surface area contributed by atoms with Crippen molar-refractivity contribution < 1.29 is 14.6 Å². The minimum absolute atomic E-state index is 0.135. The summed E-state index contributed by atoms with van der Waals surface area (Å²) in [6.07, 6.45) is 0. The Bertz CT molecular complexity index is 995. The Kier molecular flexibility index (Phi) is 4.03. The number of nitrogens with zero attached hydrogens (tertiary/aromatic N) is 2. The van der Waals surface area contributed by atoms with Crippen molar-refractivity contribution in [1.82, 2.24) is 0 Å². The predicted octanol–water partition coefficient (Wildman–Crippen LogP) is 4.53. The summed E-state index contributed by atoms with van der Waals surface area (Å²) in [5, 5.41) is 28.2. The standard InChI is InChI=1S/C16H11IN2O4/c1-8-4-16(22)23-15-7-14(21)13(6-10(8)15)19-18-12-3-2-9(20)5-11(12)17/h2-7,20-21H,1H3. The lowest BCUT2D eigenvalue weighted by Crippen LogP contribution is -1.97. The number of phenols is 2. The lowest BCUT2D eigenvalue weighted by Gasteiger charge is -2.04. The first-order chi connectivity index (χ1) is 10.9. The molecule has 0 atom stereocenters. The number of phenolic OH excluding ortho intramolecular Hbond substituents is 2. The molecule has 23 heavy (non-hydrogen) atoms. The highest BCUT2D eigenvalue weighted by Gasteiger charge is 2.09. The molecule has 0 aliphatic rings. The van der Waals surface area contributed by atoms with E-state index in [1.807, 2.05) is 22.6 Å². The molecule has 0 saturated carbocycles. The van der Waals surface area contributed by atoms with E-state index >= 15 is 0 Å². The molecule has 7 heteroatoms. The van der Waals surface area contributed by atoms with Crippen LogP contribution in [0.3, 0.4) is 0 Å². The van der Waals surface area contributed by atoms with Crippen LogP contribution in [0.1, 0.15) is 5.56 Å². The van der Waals surface area contributed by atoms with E-state index < -0.39 is 5.63 Å².